The summed E-state index contributed by atoms with van der Waals surface area (Å²) in [5, 5.41) is 3.92. The number of hydrogen-bond acceptors (Lipinski definition) is 4. The zero-order valence-electron chi connectivity index (χ0n) is 16.2. The fourth-order valence-electron chi connectivity index (χ4n) is 3.14. The van der Waals surface area contributed by atoms with Gasteiger partial charge in [0.05, 0.1) is 31.9 Å². The quantitative estimate of drug-likeness (QED) is 0.552. The normalized spacial score (nSPS) is 17.5. The van der Waals surface area contributed by atoms with Crippen LogP contribution in [0.2, 0.25) is 5.02 Å². The Labute approximate surface area is 161 Å². The van der Waals surface area contributed by atoms with Gasteiger partial charge in [0.15, 0.2) is 17.5 Å². The van der Waals surface area contributed by atoms with Gasteiger partial charge in [0.2, 0.25) is 0 Å². The first-order valence-electron chi connectivity index (χ1n) is 9.14. The molecule has 1 unspecified atom stereocenters. The molecule has 1 aliphatic rings. The molecule has 1 fully saturated rings. The lowest BCUT2D eigenvalue weighted by atomic mass is 10.1. The highest BCUT2D eigenvalue weighted by Crippen LogP contribution is 2.36. The highest BCUT2D eigenvalue weighted by atomic mass is 35.5. The Morgan fingerprint density at radius 1 is 1.35 bits per heavy atom. The smallest absolute Gasteiger partial charge is 0.194 e. The molecular weight excluding hydrogens is 354 g/mol. The number of nitrogens with one attached hydrogen (secondary N) is 1. The first-order valence-corrected chi connectivity index (χ1v) is 9.52. The predicted molar refractivity (Wildman–Crippen MR) is 106 cm³/mol. The van der Waals surface area contributed by atoms with Gasteiger partial charge in [-0.1, -0.05) is 11.6 Å². The van der Waals surface area contributed by atoms with E-state index < -0.39 is 0 Å². The van der Waals surface area contributed by atoms with Crippen LogP contribution in [0.3, 0.4) is 0 Å². The van der Waals surface area contributed by atoms with E-state index in [2.05, 4.69) is 17.1 Å². The molecule has 1 saturated heterocycles. The number of aliphatic imine (C=N–C) groups is 1. The molecule has 146 valence electrons. The van der Waals surface area contributed by atoms with Crippen LogP contribution in [0.5, 0.6) is 11.5 Å². The van der Waals surface area contributed by atoms with Gasteiger partial charge in [-0.05, 0) is 38.0 Å². The number of guanidine groups is 1. The molecule has 26 heavy (non-hydrogen) atoms. The van der Waals surface area contributed by atoms with Gasteiger partial charge in [-0.25, -0.2) is 4.99 Å². The van der Waals surface area contributed by atoms with Gasteiger partial charge in [0.1, 0.15) is 0 Å². The maximum Gasteiger partial charge on any atom is 0.194 e. The molecule has 1 aromatic rings. The Kier molecular flexibility index (Phi) is 8.32. The summed E-state index contributed by atoms with van der Waals surface area (Å²) in [5.74, 6) is 2.70. The van der Waals surface area contributed by atoms with Crippen molar-refractivity contribution < 1.29 is 14.2 Å². The summed E-state index contributed by atoms with van der Waals surface area (Å²) >= 11 is 6.36. The van der Waals surface area contributed by atoms with Crippen molar-refractivity contribution in [1.82, 2.24) is 10.2 Å². The lowest BCUT2D eigenvalue weighted by molar-refractivity contribution is 0.157. The van der Waals surface area contributed by atoms with Crippen molar-refractivity contribution in [3.63, 3.8) is 0 Å². The van der Waals surface area contributed by atoms with Crippen LogP contribution < -0.4 is 14.8 Å². The number of rotatable bonds is 8. The van der Waals surface area contributed by atoms with Crippen molar-refractivity contribution >= 4 is 17.6 Å². The van der Waals surface area contributed by atoms with Crippen LogP contribution in [0.25, 0.3) is 0 Å². The van der Waals surface area contributed by atoms with E-state index in [0.29, 0.717) is 35.6 Å². The molecule has 1 N–H and O–H groups in total. The average molecular weight is 384 g/mol. The fraction of sp³-hybridized carbons (Fsp3) is 0.632. The number of nitrogens with zero attached hydrogens (tertiary/aromatic N) is 2. The van der Waals surface area contributed by atoms with E-state index >= 15 is 0 Å². The van der Waals surface area contributed by atoms with E-state index in [1.165, 1.54) is 0 Å². The second-order valence-corrected chi connectivity index (χ2v) is 6.68. The van der Waals surface area contributed by atoms with Crippen LogP contribution in [-0.4, -0.2) is 57.9 Å². The van der Waals surface area contributed by atoms with Crippen LogP contribution in [0.15, 0.2) is 17.1 Å². The fourth-order valence-corrected chi connectivity index (χ4v) is 3.43. The maximum atomic E-state index is 6.36. The molecule has 1 heterocycles. The molecule has 1 atom stereocenters. The largest absolute Gasteiger partial charge is 0.493 e. The molecule has 0 bridgehead atoms. The number of hydrogen-bond donors (Lipinski definition) is 1. The Balaban J connectivity index is 2.13. The molecule has 0 amide bonds. The Bertz CT molecular complexity index is 610. The summed E-state index contributed by atoms with van der Waals surface area (Å²) in [6, 6.07) is 3.82. The van der Waals surface area contributed by atoms with E-state index in [4.69, 9.17) is 30.8 Å². The van der Waals surface area contributed by atoms with Crippen molar-refractivity contribution in [2.75, 3.05) is 47.1 Å². The van der Waals surface area contributed by atoms with Gasteiger partial charge in [-0.15, -0.1) is 0 Å². The Hall–Kier alpha value is -1.66. The molecule has 0 radical (unpaired) electrons. The van der Waals surface area contributed by atoms with Gasteiger partial charge in [-0.2, -0.15) is 0 Å². The number of halogens is 1. The van der Waals surface area contributed by atoms with E-state index in [-0.39, 0.29) is 0 Å². The van der Waals surface area contributed by atoms with E-state index in [1.54, 1.807) is 14.2 Å². The summed E-state index contributed by atoms with van der Waals surface area (Å²) in [6.07, 6.45) is 1.13. The van der Waals surface area contributed by atoms with Crippen molar-refractivity contribution in [3.05, 3.63) is 22.7 Å². The highest BCUT2D eigenvalue weighted by molar-refractivity contribution is 6.32. The zero-order chi connectivity index (χ0) is 18.9. The number of benzene rings is 1. The average Bonchev–Trinajstić information content (AvgIpc) is 3.09. The van der Waals surface area contributed by atoms with Crippen molar-refractivity contribution in [2.24, 2.45) is 10.9 Å². The molecule has 0 spiro atoms. The standard InChI is InChI=1S/C19H30ClN3O3/c1-5-21-19(23-8-7-14(12-23)13-24-3)22-11-15-9-16(20)18(26-6-2)17(10-15)25-4/h9-10,14H,5-8,11-13H2,1-4H3,(H,21,22). The van der Waals surface area contributed by atoms with Crippen molar-refractivity contribution in [2.45, 2.75) is 26.8 Å². The highest BCUT2D eigenvalue weighted by Gasteiger charge is 2.24. The van der Waals surface area contributed by atoms with Crippen molar-refractivity contribution in [1.29, 1.82) is 0 Å². The van der Waals surface area contributed by atoms with Gasteiger partial charge < -0.3 is 24.4 Å². The minimum atomic E-state index is 0.524. The van der Waals surface area contributed by atoms with Crippen LogP contribution in [-0.2, 0) is 11.3 Å². The number of methoxy groups -OCH3 is 2. The van der Waals surface area contributed by atoms with Gasteiger partial charge >= 0.3 is 0 Å². The van der Waals surface area contributed by atoms with E-state index in [9.17, 15) is 0 Å². The Morgan fingerprint density at radius 2 is 2.15 bits per heavy atom. The minimum Gasteiger partial charge on any atom is -0.493 e. The molecule has 6 nitrogen and oxygen atoms in total. The van der Waals surface area contributed by atoms with Crippen LogP contribution >= 0.6 is 11.6 Å². The minimum absolute atomic E-state index is 0.524. The first kappa shape index (κ1) is 20.6. The molecule has 1 aliphatic heterocycles. The monoisotopic (exact) mass is 383 g/mol. The molecule has 2 rings (SSSR count). The first-order chi connectivity index (χ1) is 12.6. The molecule has 7 heteroatoms. The van der Waals surface area contributed by atoms with Crippen LogP contribution in [0.1, 0.15) is 25.8 Å². The molecule has 0 aromatic heterocycles. The molecule has 1 aromatic carbocycles. The summed E-state index contributed by atoms with van der Waals surface area (Å²) in [4.78, 5) is 7.08. The summed E-state index contributed by atoms with van der Waals surface area (Å²) < 4.78 is 16.3. The zero-order valence-corrected chi connectivity index (χ0v) is 16.9. The SMILES string of the molecule is CCNC(=NCc1cc(Cl)c(OCC)c(OC)c1)N1CCC(COC)C1. The summed E-state index contributed by atoms with van der Waals surface area (Å²) in [5.41, 5.74) is 0.985. The van der Waals surface area contributed by atoms with E-state index in [1.807, 2.05) is 19.1 Å². The third kappa shape index (κ3) is 5.42. The summed E-state index contributed by atoms with van der Waals surface area (Å²) in [7, 11) is 3.37. The maximum absolute atomic E-state index is 6.36. The van der Waals surface area contributed by atoms with Crippen LogP contribution in [0.4, 0.5) is 0 Å². The Morgan fingerprint density at radius 3 is 2.81 bits per heavy atom. The number of ether oxygens (including phenoxy) is 3. The van der Waals surface area contributed by atoms with Crippen molar-refractivity contribution in [3.8, 4) is 11.5 Å². The second kappa shape index (κ2) is 10.5. The lowest BCUT2D eigenvalue weighted by Gasteiger charge is -2.21. The molecule has 0 aliphatic carbocycles. The summed E-state index contributed by atoms with van der Waals surface area (Å²) in [6.45, 7) is 8.64. The molecule has 0 saturated carbocycles. The van der Waals surface area contributed by atoms with Gasteiger partial charge in [0, 0.05) is 32.7 Å². The lowest BCUT2D eigenvalue weighted by Crippen LogP contribution is -2.40. The third-order valence-electron chi connectivity index (χ3n) is 4.31. The van der Waals surface area contributed by atoms with Gasteiger partial charge in [-0.3, -0.25) is 0 Å². The van der Waals surface area contributed by atoms with E-state index in [0.717, 1.165) is 44.2 Å². The van der Waals surface area contributed by atoms with Gasteiger partial charge in [0.25, 0.3) is 0 Å². The van der Waals surface area contributed by atoms with Crippen LogP contribution in [0, 0.1) is 5.92 Å². The second-order valence-electron chi connectivity index (χ2n) is 6.27. The topological polar surface area (TPSA) is 55.3 Å². The molecular formula is C19H30ClN3O3. The predicted octanol–water partition coefficient (Wildman–Crippen LogP) is 3.18. The third-order valence-corrected chi connectivity index (χ3v) is 4.59. The number of likely N-dealkylation sites (tertiary alicyclic amines) is 1.